The van der Waals surface area contributed by atoms with Crippen LogP contribution in [-0.4, -0.2) is 18.8 Å². The van der Waals surface area contributed by atoms with Crippen LogP contribution >= 0.6 is 11.6 Å². The molecule has 23 heavy (non-hydrogen) atoms. The zero-order valence-corrected chi connectivity index (χ0v) is 13.3. The summed E-state index contributed by atoms with van der Waals surface area (Å²) < 4.78 is 10.5. The lowest BCUT2D eigenvalue weighted by Crippen LogP contribution is -2.17. The highest BCUT2D eigenvalue weighted by molar-refractivity contribution is 6.30. The average molecular weight is 331 g/mol. The number of esters is 1. The Kier molecular flexibility index (Phi) is 5.95. The Morgan fingerprint density at radius 2 is 2.13 bits per heavy atom. The normalized spacial score (nSPS) is 12.0. The molecule has 0 N–H and O–H groups in total. The van der Waals surface area contributed by atoms with Crippen molar-refractivity contribution in [2.24, 2.45) is 10.9 Å². The zero-order chi connectivity index (χ0) is 16.7. The van der Waals surface area contributed by atoms with Crippen LogP contribution in [0.1, 0.15) is 12.7 Å². The third kappa shape index (κ3) is 4.70. The number of nitrogens with zero attached hydrogens (tertiary/aromatic N) is 2. The molecular weight excluding hydrogens is 316 g/mol. The fourth-order valence-electron chi connectivity index (χ4n) is 1.86. The van der Waals surface area contributed by atoms with Gasteiger partial charge in [0.2, 0.25) is 0 Å². The maximum atomic E-state index is 11.5. The predicted octanol–water partition coefficient (Wildman–Crippen LogP) is 3.87. The maximum Gasteiger partial charge on any atom is 0.328 e. The van der Waals surface area contributed by atoms with E-state index in [0.717, 1.165) is 5.56 Å². The summed E-state index contributed by atoms with van der Waals surface area (Å²) in [7, 11) is 0. The summed E-state index contributed by atoms with van der Waals surface area (Å²) in [5.41, 5.74) is 0.908. The number of carbonyl (C=O) groups is 1. The van der Waals surface area contributed by atoms with Crippen LogP contribution in [0.25, 0.3) is 11.3 Å². The van der Waals surface area contributed by atoms with Crippen LogP contribution < -0.4 is 0 Å². The van der Waals surface area contributed by atoms with Crippen LogP contribution in [-0.2, 0) is 16.1 Å². The molecule has 1 aromatic heterocycles. The summed E-state index contributed by atoms with van der Waals surface area (Å²) in [6.07, 6.45) is 1.28. The van der Waals surface area contributed by atoms with Crippen LogP contribution in [0.5, 0.6) is 0 Å². The first-order valence-corrected chi connectivity index (χ1v) is 7.42. The molecule has 2 rings (SSSR count). The van der Waals surface area contributed by atoms with Crippen LogP contribution in [0.2, 0.25) is 5.02 Å². The van der Waals surface area contributed by atoms with Crippen molar-refractivity contribution in [1.82, 2.24) is 0 Å². The third-order valence-electron chi connectivity index (χ3n) is 2.97. The molecule has 0 saturated carbocycles. The summed E-state index contributed by atoms with van der Waals surface area (Å²) in [5, 5.41) is 9.58. The molecule has 0 radical (unpaired) electrons. The van der Waals surface area contributed by atoms with E-state index in [1.54, 1.807) is 25.1 Å². The minimum Gasteiger partial charge on any atom is -0.465 e. The second-order valence-electron chi connectivity index (χ2n) is 4.62. The van der Waals surface area contributed by atoms with Gasteiger partial charge in [-0.1, -0.05) is 11.6 Å². The van der Waals surface area contributed by atoms with E-state index in [1.165, 1.54) is 6.21 Å². The first-order chi connectivity index (χ1) is 11.1. The van der Waals surface area contributed by atoms with E-state index in [9.17, 15) is 4.79 Å². The molecule has 1 aromatic carbocycles. The Hall–Kier alpha value is -2.58. The fraction of sp³-hybridized carbons (Fsp3) is 0.235. The first kappa shape index (κ1) is 16.8. The molecule has 0 aliphatic rings. The monoisotopic (exact) mass is 330 g/mol. The SMILES string of the molecule is CCOC(=O)[C@@H](C#N)C=NCc1ccc(-c2ccc(Cl)cc2)o1. The lowest BCUT2D eigenvalue weighted by molar-refractivity contribution is -0.143. The van der Waals surface area contributed by atoms with Gasteiger partial charge in [0.15, 0.2) is 5.92 Å². The van der Waals surface area contributed by atoms with Crippen molar-refractivity contribution in [2.75, 3.05) is 6.61 Å². The first-order valence-electron chi connectivity index (χ1n) is 7.05. The van der Waals surface area contributed by atoms with Crippen LogP contribution in [0.3, 0.4) is 0 Å². The molecule has 0 saturated heterocycles. The summed E-state index contributed by atoms with van der Waals surface area (Å²) in [4.78, 5) is 15.5. The van der Waals surface area contributed by atoms with E-state index in [0.29, 0.717) is 16.5 Å². The van der Waals surface area contributed by atoms with Crippen molar-refractivity contribution < 1.29 is 13.9 Å². The molecule has 5 nitrogen and oxygen atoms in total. The molecule has 0 bridgehead atoms. The second kappa shape index (κ2) is 8.16. The van der Waals surface area contributed by atoms with Crippen LogP contribution in [0.4, 0.5) is 0 Å². The van der Waals surface area contributed by atoms with E-state index in [2.05, 4.69) is 4.99 Å². The summed E-state index contributed by atoms with van der Waals surface area (Å²) in [6, 6.07) is 12.8. The fourth-order valence-corrected chi connectivity index (χ4v) is 1.99. The van der Waals surface area contributed by atoms with Crippen LogP contribution in [0, 0.1) is 17.2 Å². The molecule has 2 aromatic rings. The molecular formula is C17H15ClN2O3. The Labute approximate surface area is 139 Å². The van der Waals surface area contributed by atoms with Gasteiger partial charge in [-0.25, -0.2) is 0 Å². The third-order valence-corrected chi connectivity index (χ3v) is 3.22. The van der Waals surface area contributed by atoms with E-state index in [-0.39, 0.29) is 13.2 Å². The number of carbonyl (C=O) groups excluding carboxylic acids is 1. The zero-order valence-electron chi connectivity index (χ0n) is 12.5. The molecule has 0 aliphatic heterocycles. The molecule has 1 heterocycles. The van der Waals surface area contributed by atoms with Crippen molar-refractivity contribution in [3.8, 4) is 17.4 Å². The van der Waals surface area contributed by atoms with Gasteiger partial charge in [-0.3, -0.25) is 9.79 Å². The molecule has 0 spiro atoms. The molecule has 0 aliphatic carbocycles. The number of hydrogen-bond acceptors (Lipinski definition) is 5. The van der Waals surface area contributed by atoms with Gasteiger partial charge in [-0.05, 0) is 43.3 Å². The highest BCUT2D eigenvalue weighted by Gasteiger charge is 2.16. The Morgan fingerprint density at radius 1 is 1.39 bits per heavy atom. The minimum absolute atomic E-state index is 0.230. The standard InChI is InChI=1S/C17H15ClN2O3/c1-2-22-17(21)13(9-19)10-20-11-15-7-8-16(23-15)12-3-5-14(18)6-4-12/h3-8,10,13H,2,11H2,1H3/t13-/m0/s1. The number of hydrogen-bond donors (Lipinski definition) is 0. The van der Waals surface area contributed by atoms with Crippen molar-refractivity contribution >= 4 is 23.8 Å². The lowest BCUT2D eigenvalue weighted by Gasteiger charge is -2.02. The summed E-state index contributed by atoms with van der Waals surface area (Å²) in [5.74, 6) is -0.262. The lowest BCUT2D eigenvalue weighted by atomic mass is 10.2. The molecule has 6 heteroatoms. The number of ether oxygens (including phenoxy) is 1. The quantitative estimate of drug-likeness (QED) is 0.595. The highest BCUT2D eigenvalue weighted by Crippen LogP contribution is 2.24. The van der Waals surface area contributed by atoms with Crippen LogP contribution in [0.15, 0.2) is 45.8 Å². The maximum absolute atomic E-state index is 11.5. The second-order valence-corrected chi connectivity index (χ2v) is 5.06. The smallest absolute Gasteiger partial charge is 0.328 e. The van der Waals surface area contributed by atoms with Gasteiger partial charge in [0.1, 0.15) is 11.5 Å². The van der Waals surface area contributed by atoms with Gasteiger partial charge < -0.3 is 9.15 Å². The number of nitriles is 1. The topological polar surface area (TPSA) is 75.6 Å². The van der Waals surface area contributed by atoms with Crippen molar-refractivity contribution in [1.29, 1.82) is 5.26 Å². The predicted molar refractivity (Wildman–Crippen MR) is 87.1 cm³/mol. The van der Waals surface area contributed by atoms with Gasteiger partial charge in [0.05, 0.1) is 19.2 Å². The van der Waals surface area contributed by atoms with E-state index in [1.807, 2.05) is 24.3 Å². The Bertz CT molecular complexity index is 729. The van der Waals surface area contributed by atoms with Gasteiger partial charge in [0, 0.05) is 16.8 Å². The molecule has 0 amide bonds. The number of rotatable bonds is 6. The molecule has 1 atom stereocenters. The van der Waals surface area contributed by atoms with Crippen molar-refractivity contribution in [3.63, 3.8) is 0 Å². The van der Waals surface area contributed by atoms with E-state index < -0.39 is 11.9 Å². The molecule has 0 unspecified atom stereocenters. The van der Waals surface area contributed by atoms with Crippen molar-refractivity contribution in [2.45, 2.75) is 13.5 Å². The number of furan rings is 1. The van der Waals surface area contributed by atoms with Crippen molar-refractivity contribution in [3.05, 3.63) is 47.2 Å². The summed E-state index contributed by atoms with van der Waals surface area (Å²) in [6.45, 7) is 2.16. The Morgan fingerprint density at radius 3 is 2.78 bits per heavy atom. The number of benzene rings is 1. The number of halogens is 1. The Balaban J connectivity index is 1.99. The van der Waals surface area contributed by atoms with E-state index >= 15 is 0 Å². The molecule has 0 fully saturated rings. The number of aliphatic imine (C=N–C) groups is 1. The van der Waals surface area contributed by atoms with Gasteiger partial charge in [-0.15, -0.1) is 0 Å². The highest BCUT2D eigenvalue weighted by atomic mass is 35.5. The van der Waals surface area contributed by atoms with Gasteiger partial charge in [0.25, 0.3) is 0 Å². The average Bonchev–Trinajstić information content (AvgIpc) is 3.01. The van der Waals surface area contributed by atoms with Gasteiger partial charge >= 0.3 is 5.97 Å². The molecule has 118 valence electrons. The summed E-state index contributed by atoms with van der Waals surface area (Å²) >= 11 is 5.85. The largest absolute Gasteiger partial charge is 0.465 e. The minimum atomic E-state index is -0.999. The van der Waals surface area contributed by atoms with Gasteiger partial charge in [-0.2, -0.15) is 5.26 Å². The van der Waals surface area contributed by atoms with E-state index in [4.69, 9.17) is 26.0 Å².